The Kier molecular flexibility index (Phi) is 3.56. The van der Waals surface area contributed by atoms with E-state index in [1.54, 1.807) is 6.07 Å². The molecule has 2 aromatic carbocycles. The molecule has 0 saturated carbocycles. The van der Waals surface area contributed by atoms with Crippen molar-refractivity contribution in [2.45, 2.75) is 26.7 Å². The van der Waals surface area contributed by atoms with Crippen molar-refractivity contribution in [2.75, 3.05) is 0 Å². The van der Waals surface area contributed by atoms with Gasteiger partial charge in [-0.3, -0.25) is 0 Å². The van der Waals surface area contributed by atoms with Gasteiger partial charge in [0.05, 0.1) is 0 Å². The Labute approximate surface area is 108 Å². The Hall–Kier alpha value is -1.96. The van der Waals surface area contributed by atoms with Crippen molar-refractivity contribution in [3.8, 4) is 22.6 Å². The fourth-order valence-corrected chi connectivity index (χ4v) is 2.41. The molecule has 0 heterocycles. The first-order chi connectivity index (χ1) is 8.69. The van der Waals surface area contributed by atoms with Crippen molar-refractivity contribution < 1.29 is 10.2 Å². The molecule has 0 saturated heterocycles. The minimum atomic E-state index is -0.0390. The number of hydrogen-bond acceptors (Lipinski definition) is 2. The van der Waals surface area contributed by atoms with Crippen molar-refractivity contribution in [3.63, 3.8) is 0 Å². The molecule has 0 aliphatic carbocycles. The third-order valence-corrected chi connectivity index (χ3v) is 3.29. The zero-order valence-corrected chi connectivity index (χ0v) is 10.8. The maximum absolute atomic E-state index is 9.93. The van der Waals surface area contributed by atoms with Crippen molar-refractivity contribution in [1.82, 2.24) is 0 Å². The summed E-state index contributed by atoms with van der Waals surface area (Å²) in [4.78, 5) is 0. The number of phenolic OH excluding ortho intramolecular Hbond substituents is 2. The van der Waals surface area contributed by atoms with E-state index >= 15 is 0 Å². The number of benzene rings is 2. The van der Waals surface area contributed by atoms with Gasteiger partial charge < -0.3 is 10.2 Å². The lowest BCUT2D eigenvalue weighted by Gasteiger charge is -2.15. The third-order valence-electron chi connectivity index (χ3n) is 3.29. The summed E-state index contributed by atoms with van der Waals surface area (Å²) < 4.78 is 0. The lowest BCUT2D eigenvalue weighted by molar-refractivity contribution is 0.399. The zero-order valence-electron chi connectivity index (χ0n) is 10.8. The van der Waals surface area contributed by atoms with Crippen LogP contribution in [-0.2, 0) is 12.8 Å². The Balaban J connectivity index is 2.71. The van der Waals surface area contributed by atoms with Gasteiger partial charge in [-0.2, -0.15) is 0 Å². The van der Waals surface area contributed by atoms with Gasteiger partial charge in [0.15, 0.2) is 11.5 Å². The minimum Gasteiger partial charge on any atom is -0.504 e. The van der Waals surface area contributed by atoms with E-state index in [2.05, 4.69) is 6.92 Å². The van der Waals surface area contributed by atoms with Gasteiger partial charge >= 0.3 is 0 Å². The fourth-order valence-electron chi connectivity index (χ4n) is 2.41. The normalized spacial score (nSPS) is 10.6. The van der Waals surface area contributed by atoms with Crippen molar-refractivity contribution in [3.05, 3.63) is 47.5 Å². The maximum atomic E-state index is 9.93. The van der Waals surface area contributed by atoms with Crippen molar-refractivity contribution >= 4 is 0 Å². The highest BCUT2D eigenvalue weighted by molar-refractivity contribution is 5.73. The topological polar surface area (TPSA) is 40.5 Å². The largest absolute Gasteiger partial charge is 0.504 e. The van der Waals surface area contributed by atoms with Crippen LogP contribution in [-0.4, -0.2) is 10.2 Å². The predicted octanol–water partition coefficient (Wildman–Crippen LogP) is 3.89. The molecule has 2 heteroatoms. The molecule has 0 radical (unpaired) electrons. The molecule has 0 aliphatic rings. The minimum absolute atomic E-state index is 0.0223. The van der Waals surface area contributed by atoms with Crippen LogP contribution in [0.5, 0.6) is 11.5 Å². The average molecular weight is 242 g/mol. The molecule has 0 aliphatic heterocycles. The molecular formula is C16H18O2. The van der Waals surface area contributed by atoms with Crippen LogP contribution >= 0.6 is 0 Å². The van der Waals surface area contributed by atoms with E-state index in [9.17, 15) is 10.2 Å². The summed E-state index contributed by atoms with van der Waals surface area (Å²) in [7, 11) is 0. The summed E-state index contributed by atoms with van der Waals surface area (Å²) in [6.07, 6.45) is 1.55. The monoisotopic (exact) mass is 242 g/mol. The summed E-state index contributed by atoms with van der Waals surface area (Å²) >= 11 is 0. The predicted molar refractivity (Wildman–Crippen MR) is 74.0 cm³/mol. The number of rotatable bonds is 3. The van der Waals surface area contributed by atoms with Gasteiger partial charge in [-0.25, -0.2) is 0 Å². The Morgan fingerprint density at radius 1 is 0.889 bits per heavy atom. The number of phenols is 2. The van der Waals surface area contributed by atoms with E-state index in [1.807, 2.05) is 37.3 Å². The van der Waals surface area contributed by atoms with Gasteiger partial charge in [-0.15, -0.1) is 0 Å². The first-order valence-electron chi connectivity index (χ1n) is 6.31. The van der Waals surface area contributed by atoms with Crippen LogP contribution in [0.2, 0.25) is 0 Å². The van der Waals surface area contributed by atoms with E-state index in [0.717, 1.165) is 28.7 Å². The van der Waals surface area contributed by atoms with E-state index in [-0.39, 0.29) is 11.5 Å². The molecule has 2 aromatic rings. The third kappa shape index (κ3) is 2.06. The van der Waals surface area contributed by atoms with Gasteiger partial charge in [0.2, 0.25) is 0 Å². The van der Waals surface area contributed by atoms with Crippen LogP contribution in [0.25, 0.3) is 11.1 Å². The molecule has 2 N–H and O–H groups in total. The van der Waals surface area contributed by atoms with Gasteiger partial charge in [-0.05, 0) is 35.6 Å². The molecule has 0 unspecified atom stereocenters. The quantitative estimate of drug-likeness (QED) is 0.802. The highest BCUT2D eigenvalue weighted by Crippen LogP contribution is 2.39. The average Bonchev–Trinajstić information content (AvgIpc) is 2.42. The molecule has 0 bridgehead atoms. The van der Waals surface area contributed by atoms with Crippen molar-refractivity contribution in [1.29, 1.82) is 0 Å². The maximum Gasteiger partial charge on any atom is 0.160 e. The summed E-state index contributed by atoms with van der Waals surface area (Å²) in [6, 6.07) is 11.6. The summed E-state index contributed by atoms with van der Waals surface area (Å²) in [6.45, 7) is 4.06. The SMILES string of the molecule is CCc1c(-c2ccccc2)cc(O)c(O)c1CC. The Morgan fingerprint density at radius 2 is 1.50 bits per heavy atom. The van der Waals surface area contributed by atoms with Gasteiger partial charge in [-0.1, -0.05) is 44.2 Å². The molecule has 0 fully saturated rings. The van der Waals surface area contributed by atoms with Crippen LogP contribution in [0.1, 0.15) is 25.0 Å². The van der Waals surface area contributed by atoms with Gasteiger partial charge in [0.1, 0.15) is 0 Å². The summed E-state index contributed by atoms with van der Waals surface area (Å²) in [5.74, 6) is -0.0167. The molecule has 0 spiro atoms. The highest BCUT2D eigenvalue weighted by atomic mass is 16.3. The summed E-state index contributed by atoms with van der Waals surface area (Å²) in [5, 5.41) is 19.8. The van der Waals surface area contributed by atoms with Crippen LogP contribution in [0.4, 0.5) is 0 Å². The second kappa shape index (κ2) is 5.13. The lowest BCUT2D eigenvalue weighted by atomic mass is 9.91. The second-order valence-electron chi connectivity index (χ2n) is 4.32. The molecule has 0 amide bonds. The molecule has 0 aromatic heterocycles. The Morgan fingerprint density at radius 3 is 2.06 bits per heavy atom. The van der Waals surface area contributed by atoms with Gasteiger partial charge in [0.25, 0.3) is 0 Å². The molecule has 0 atom stereocenters. The lowest BCUT2D eigenvalue weighted by Crippen LogP contribution is -1.96. The van der Waals surface area contributed by atoms with E-state index < -0.39 is 0 Å². The highest BCUT2D eigenvalue weighted by Gasteiger charge is 2.15. The molecular weight excluding hydrogens is 224 g/mol. The number of hydrogen-bond donors (Lipinski definition) is 2. The fraction of sp³-hybridized carbons (Fsp3) is 0.250. The molecule has 18 heavy (non-hydrogen) atoms. The van der Waals surface area contributed by atoms with Crippen molar-refractivity contribution in [2.24, 2.45) is 0 Å². The first-order valence-corrected chi connectivity index (χ1v) is 6.31. The zero-order chi connectivity index (χ0) is 13.1. The Bertz CT molecular complexity index is 545. The van der Waals surface area contributed by atoms with Crippen LogP contribution < -0.4 is 0 Å². The first kappa shape index (κ1) is 12.5. The van der Waals surface area contributed by atoms with Crippen LogP contribution in [0.15, 0.2) is 36.4 Å². The summed E-state index contributed by atoms with van der Waals surface area (Å²) in [5.41, 5.74) is 4.03. The second-order valence-corrected chi connectivity index (χ2v) is 4.32. The van der Waals surface area contributed by atoms with Crippen LogP contribution in [0.3, 0.4) is 0 Å². The van der Waals surface area contributed by atoms with Crippen LogP contribution in [0, 0.1) is 0 Å². The smallest absolute Gasteiger partial charge is 0.160 e. The number of aromatic hydroxyl groups is 2. The van der Waals surface area contributed by atoms with E-state index in [1.165, 1.54) is 0 Å². The molecule has 94 valence electrons. The van der Waals surface area contributed by atoms with E-state index in [0.29, 0.717) is 6.42 Å². The molecule has 2 nitrogen and oxygen atoms in total. The molecule has 2 rings (SSSR count). The van der Waals surface area contributed by atoms with Gasteiger partial charge in [0, 0.05) is 5.56 Å². The van der Waals surface area contributed by atoms with E-state index in [4.69, 9.17) is 0 Å². The standard InChI is InChI=1S/C16H18O2/c1-3-12-13(4-2)16(18)15(17)10-14(12)11-8-6-5-7-9-11/h5-10,17-18H,3-4H2,1-2H3.